The molecule has 3 aromatic rings. The minimum atomic E-state index is -0.270. The maximum Gasteiger partial charge on any atom is 0.239 e. The molecule has 0 atom stereocenters. The summed E-state index contributed by atoms with van der Waals surface area (Å²) in [6, 6.07) is 13.3. The summed E-state index contributed by atoms with van der Waals surface area (Å²) in [6.45, 7) is 4.03. The number of nitrogens with zero attached hydrogens (tertiary/aromatic N) is 2. The molecule has 0 aliphatic carbocycles. The molecule has 0 spiro atoms. The van der Waals surface area contributed by atoms with E-state index >= 15 is 0 Å². The molecule has 0 bridgehead atoms. The first-order valence-electron chi connectivity index (χ1n) is 8.71. The summed E-state index contributed by atoms with van der Waals surface area (Å²) < 4.78 is 6.97. The summed E-state index contributed by atoms with van der Waals surface area (Å²) in [6.07, 6.45) is 1.72. The molecule has 2 N–H and O–H groups in total. The first-order valence-corrected chi connectivity index (χ1v) is 8.71. The van der Waals surface area contributed by atoms with Crippen molar-refractivity contribution >= 4 is 11.8 Å². The zero-order valence-electron chi connectivity index (χ0n) is 15.4. The molecule has 27 heavy (non-hydrogen) atoms. The quantitative estimate of drug-likeness (QED) is 0.670. The van der Waals surface area contributed by atoms with E-state index < -0.39 is 0 Å². The third-order valence-electron chi connectivity index (χ3n) is 4.27. The standard InChI is InChI=1S/C20H22N4O3/c1-14-18(15(2)24(23-14)16-7-4-3-5-8-16)11-19(25)22-13-20(26)21-12-17-9-6-10-27-17/h3-10H,11-13H2,1-2H3,(H,21,26)(H,22,25). The van der Waals surface area contributed by atoms with E-state index in [2.05, 4.69) is 15.7 Å². The lowest BCUT2D eigenvalue weighted by molar-refractivity contribution is -0.125. The van der Waals surface area contributed by atoms with Crippen LogP contribution in [0.3, 0.4) is 0 Å². The maximum absolute atomic E-state index is 12.3. The summed E-state index contributed by atoms with van der Waals surface area (Å²) in [5, 5.41) is 9.87. The molecule has 0 saturated heterocycles. The van der Waals surface area contributed by atoms with Crippen LogP contribution in [0.2, 0.25) is 0 Å². The lowest BCUT2D eigenvalue weighted by Gasteiger charge is -2.07. The number of hydrogen-bond donors (Lipinski definition) is 2. The van der Waals surface area contributed by atoms with Crippen LogP contribution in [0.15, 0.2) is 53.1 Å². The first kappa shape index (κ1) is 18.4. The Kier molecular flexibility index (Phi) is 5.71. The van der Waals surface area contributed by atoms with Crippen molar-refractivity contribution in [3.8, 4) is 5.69 Å². The lowest BCUT2D eigenvalue weighted by Crippen LogP contribution is -2.37. The molecule has 0 aliphatic rings. The van der Waals surface area contributed by atoms with E-state index in [0.717, 1.165) is 22.6 Å². The summed E-state index contributed by atoms with van der Waals surface area (Å²) in [5.74, 6) is 0.171. The number of aromatic nitrogens is 2. The number of furan rings is 1. The van der Waals surface area contributed by atoms with Gasteiger partial charge in [-0.15, -0.1) is 0 Å². The van der Waals surface area contributed by atoms with Gasteiger partial charge in [0, 0.05) is 11.3 Å². The van der Waals surface area contributed by atoms with Gasteiger partial charge in [0.25, 0.3) is 0 Å². The van der Waals surface area contributed by atoms with E-state index in [1.54, 1.807) is 18.4 Å². The minimum Gasteiger partial charge on any atom is -0.467 e. The largest absolute Gasteiger partial charge is 0.467 e. The summed E-state index contributed by atoms with van der Waals surface area (Å²) in [4.78, 5) is 24.1. The molecule has 0 fully saturated rings. The van der Waals surface area contributed by atoms with E-state index in [0.29, 0.717) is 12.3 Å². The van der Waals surface area contributed by atoms with Gasteiger partial charge in [0.15, 0.2) is 0 Å². The average molecular weight is 366 g/mol. The fourth-order valence-electron chi connectivity index (χ4n) is 2.81. The van der Waals surface area contributed by atoms with Crippen molar-refractivity contribution in [2.75, 3.05) is 6.54 Å². The number of aryl methyl sites for hydroxylation is 1. The predicted molar refractivity (Wildman–Crippen MR) is 100 cm³/mol. The molecule has 0 saturated carbocycles. The van der Waals surface area contributed by atoms with Gasteiger partial charge < -0.3 is 15.1 Å². The van der Waals surface area contributed by atoms with Gasteiger partial charge in [-0.2, -0.15) is 5.10 Å². The van der Waals surface area contributed by atoms with Crippen LogP contribution < -0.4 is 10.6 Å². The first-order chi connectivity index (χ1) is 13.0. The average Bonchev–Trinajstić information content (AvgIpc) is 3.29. The molecule has 140 valence electrons. The van der Waals surface area contributed by atoms with Gasteiger partial charge in [0.2, 0.25) is 11.8 Å². The highest BCUT2D eigenvalue weighted by Gasteiger charge is 2.16. The number of para-hydroxylation sites is 1. The molecule has 1 aromatic carbocycles. The predicted octanol–water partition coefficient (Wildman–Crippen LogP) is 2.06. The van der Waals surface area contributed by atoms with Crippen LogP contribution in [-0.2, 0) is 22.6 Å². The van der Waals surface area contributed by atoms with Crippen LogP contribution in [0.1, 0.15) is 22.7 Å². The van der Waals surface area contributed by atoms with Crippen molar-refractivity contribution < 1.29 is 14.0 Å². The minimum absolute atomic E-state index is 0.0789. The number of nitrogens with one attached hydrogen (secondary N) is 2. The highest BCUT2D eigenvalue weighted by Crippen LogP contribution is 2.18. The number of hydrogen-bond acceptors (Lipinski definition) is 4. The Hall–Kier alpha value is -3.35. The van der Waals surface area contributed by atoms with Crippen LogP contribution in [0.25, 0.3) is 5.69 Å². The Labute approximate surface area is 157 Å². The molecular weight excluding hydrogens is 344 g/mol. The van der Waals surface area contributed by atoms with Gasteiger partial charge in [0.1, 0.15) is 5.76 Å². The smallest absolute Gasteiger partial charge is 0.239 e. The van der Waals surface area contributed by atoms with E-state index in [1.165, 1.54) is 0 Å². The summed E-state index contributed by atoms with van der Waals surface area (Å²) in [5.41, 5.74) is 3.53. The van der Waals surface area contributed by atoms with Gasteiger partial charge in [-0.05, 0) is 38.1 Å². The second-order valence-corrected chi connectivity index (χ2v) is 6.21. The molecule has 7 heteroatoms. The van der Waals surface area contributed by atoms with Gasteiger partial charge in [-0.3, -0.25) is 9.59 Å². The fraction of sp³-hybridized carbons (Fsp3) is 0.250. The molecule has 2 aromatic heterocycles. The summed E-state index contributed by atoms with van der Waals surface area (Å²) >= 11 is 0. The normalized spacial score (nSPS) is 10.6. The molecule has 2 amide bonds. The Morgan fingerprint density at radius 3 is 2.52 bits per heavy atom. The van der Waals surface area contributed by atoms with Crippen LogP contribution in [0.4, 0.5) is 0 Å². The zero-order valence-corrected chi connectivity index (χ0v) is 15.4. The number of carbonyl (C=O) groups is 2. The molecule has 0 unspecified atom stereocenters. The Bertz CT molecular complexity index is 914. The van der Waals surface area contributed by atoms with Crippen molar-refractivity contribution in [1.29, 1.82) is 0 Å². The number of carbonyl (C=O) groups excluding carboxylic acids is 2. The second kappa shape index (κ2) is 8.35. The van der Waals surface area contributed by atoms with Crippen LogP contribution >= 0.6 is 0 Å². The van der Waals surface area contributed by atoms with Crippen LogP contribution in [0, 0.1) is 13.8 Å². The van der Waals surface area contributed by atoms with E-state index in [4.69, 9.17) is 4.42 Å². The van der Waals surface area contributed by atoms with Crippen molar-refractivity contribution in [2.45, 2.75) is 26.8 Å². The molecule has 0 aliphatic heterocycles. The van der Waals surface area contributed by atoms with Gasteiger partial charge in [-0.1, -0.05) is 18.2 Å². The molecular formula is C20H22N4O3. The van der Waals surface area contributed by atoms with Crippen LogP contribution in [0.5, 0.6) is 0 Å². The monoisotopic (exact) mass is 366 g/mol. The maximum atomic E-state index is 12.3. The van der Waals surface area contributed by atoms with Crippen molar-refractivity contribution in [2.24, 2.45) is 0 Å². The third kappa shape index (κ3) is 4.63. The Morgan fingerprint density at radius 1 is 1.04 bits per heavy atom. The zero-order chi connectivity index (χ0) is 19.2. The van der Waals surface area contributed by atoms with E-state index in [9.17, 15) is 9.59 Å². The van der Waals surface area contributed by atoms with Crippen LogP contribution in [-0.4, -0.2) is 28.1 Å². The Morgan fingerprint density at radius 2 is 1.81 bits per heavy atom. The highest BCUT2D eigenvalue weighted by molar-refractivity contribution is 5.85. The van der Waals surface area contributed by atoms with Crippen molar-refractivity contribution in [1.82, 2.24) is 20.4 Å². The fourth-order valence-corrected chi connectivity index (χ4v) is 2.81. The van der Waals surface area contributed by atoms with E-state index in [-0.39, 0.29) is 24.8 Å². The molecule has 7 nitrogen and oxygen atoms in total. The number of benzene rings is 1. The lowest BCUT2D eigenvalue weighted by atomic mass is 10.1. The third-order valence-corrected chi connectivity index (χ3v) is 4.27. The topological polar surface area (TPSA) is 89.2 Å². The SMILES string of the molecule is Cc1nn(-c2ccccc2)c(C)c1CC(=O)NCC(=O)NCc1ccco1. The van der Waals surface area contributed by atoms with E-state index in [1.807, 2.05) is 48.9 Å². The van der Waals surface area contributed by atoms with Gasteiger partial charge in [0.05, 0.1) is 37.2 Å². The molecule has 3 rings (SSSR count). The molecule has 0 radical (unpaired) electrons. The summed E-state index contributed by atoms with van der Waals surface area (Å²) in [7, 11) is 0. The number of rotatable bonds is 7. The van der Waals surface area contributed by atoms with Gasteiger partial charge >= 0.3 is 0 Å². The van der Waals surface area contributed by atoms with Crippen molar-refractivity contribution in [3.63, 3.8) is 0 Å². The highest BCUT2D eigenvalue weighted by atomic mass is 16.3. The van der Waals surface area contributed by atoms with Crippen molar-refractivity contribution in [3.05, 3.63) is 71.4 Å². The number of amides is 2. The van der Waals surface area contributed by atoms with Gasteiger partial charge in [-0.25, -0.2) is 4.68 Å². The molecule has 2 heterocycles. The Balaban J connectivity index is 1.55. The second-order valence-electron chi connectivity index (χ2n) is 6.21.